The van der Waals surface area contributed by atoms with Gasteiger partial charge in [0.25, 0.3) is 5.89 Å². The summed E-state index contributed by atoms with van der Waals surface area (Å²) in [4.78, 5) is 4.36. The lowest BCUT2D eigenvalue weighted by Gasteiger charge is -2.19. The third kappa shape index (κ3) is 1.71. The molecule has 0 bridgehead atoms. The zero-order valence-electron chi connectivity index (χ0n) is 8.81. The Bertz CT molecular complexity index is 443. The molecule has 2 N–H and O–H groups in total. The van der Waals surface area contributed by atoms with Crippen LogP contribution in [-0.4, -0.2) is 26.9 Å². The predicted octanol–water partition coefficient (Wildman–Crippen LogP) is 1.27. The molecule has 1 aliphatic rings. The maximum absolute atomic E-state index is 5.19. The Kier molecular flexibility index (Phi) is 2.41. The van der Waals surface area contributed by atoms with Crippen molar-refractivity contribution in [1.29, 1.82) is 0 Å². The van der Waals surface area contributed by atoms with E-state index in [1.54, 1.807) is 6.20 Å². The van der Waals surface area contributed by atoms with Crippen molar-refractivity contribution in [3.8, 4) is 11.6 Å². The van der Waals surface area contributed by atoms with E-state index < -0.39 is 0 Å². The number of H-pyrrole nitrogens is 1. The number of aromatic nitrogens is 4. The van der Waals surface area contributed by atoms with E-state index >= 15 is 0 Å². The SMILES string of the molecule is c1cc(-c2nc([C@@H]3CCCCN3)no2)[nH]n1. The van der Waals surface area contributed by atoms with Crippen molar-refractivity contribution in [2.75, 3.05) is 6.54 Å². The number of piperidine rings is 1. The molecular weight excluding hydrogens is 206 g/mol. The molecule has 3 heterocycles. The Balaban J connectivity index is 1.82. The molecule has 84 valence electrons. The van der Waals surface area contributed by atoms with Crippen molar-refractivity contribution in [3.05, 3.63) is 18.1 Å². The van der Waals surface area contributed by atoms with Gasteiger partial charge in [-0.15, -0.1) is 0 Å². The molecule has 3 rings (SSSR count). The van der Waals surface area contributed by atoms with E-state index in [1.165, 1.54) is 12.8 Å². The van der Waals surface area contributed by atoms with Gasteiger partial charge in [0.15, 0.2) is 5.82 Å². The predicted molar refractivity (Wildman–Crippen MR) is 56.5 cm³/mol. The van der Waals surface area contributed by atoms with Crippen LogP contribution in [0.25, 0.3) is 11.6 Å². The molecule has 0 radical (unpaired) electrons. The van der Waals surface area contributed by atoms with Gasteiger partial charge < -0.3 is 9.84 Å². The van der Waals surface area contributed by atoms with Crippen LogP contribution in [0.1, 0.15) is 31.1 Å². The summed E-state index contributed by atoms with van der Waals surface area (Å²) in [5, 5.41) is 14.0. The lowest BCUT2D eigenvalue weighted by atomic mass is 10.0. The third-order valence-corrected chi connectivity index (χ3v) is 2.79. The second kappa shape index (κ2) is 4.05. The Labute approximate surface area is 92.4 Å². The number of rotatable bonds is 2. The molecule has 2 aromatic heterocycles. The molecule has 2 aromatic rings. The molecule has 1 fully saturated rings. The van der Waals surface area contributed by atoms with Crippen molar-refractivity contribution < 1.29 is 4.52 Å². The third-order valence-electron chi connectivity index (χ3n) is 2.79. The minimum Gasteiger partial charge on any atom is -0.332 e. The van der Waals surface area contributed by atoms with Gasteiger partial charge in [0.2, 0.25) is 0 Å². The lowest BCUT2D eigenvalue weighted by molar-refractivity contribution is 0.366. The van der Waals surface area contributed by atoms with Gasteiger partial charge in [-0.25, -0.2) is 0 Å². The first-order chi connectivity index (χ1) is 7.93. The molecule has 0 aliphatic carbocycles. The minimum atomic E-state index is 0.231. The van der Waals surface area contributed by atoms with Gasteiger partial charge in [0.05, 0.1) is 6.04 Å². The normalized spacial score (nSPS) is 21.1. The van der Waals surface area contributed by atoms with Crippen LogP contribution >= 0.6 is 0 Å². The molecule has 0 spiro atoms. The first kappa shape index (κ1) is 9.53. The van der Waals surface area contributed by atoms with Crippen LogP contribution in [-0.2, 0) is 0 Å². The summed E-state index contributed by atoms with van der Waals surface area (Å²) < 4.78 is 5.19. The number of hydrogen-bond acceptors (Lipinski definition) is 5. The molecule has 6 nitrogen and oxygen atoms in total. The topological polar surface area (TPSA) is 79.6 Å². The summed E-state index contributed by atoms with van der Waals surface area (Å²) in [5.74, 6) is 1.24. The average Bonchev–Trinajstić information content (AvgIpc) is 3.01. The Morgan fingerprint density at radius 2 is 2.38 bits per heavy atom. The van der Waals surface area contributed by atoms with Crippen molar-refractivity contribution in [3.63, 3.8) is 0 Å². The highest BCUT2D eigenvalue weighted by atomic mass is 16.5. The van der Waals surface area contributed by atoms with Gasteiger partial charge in [-0.1, -0.05) is 11.6 Å². The summed E-state index contributed by atoms with van der Waals surface area (Å²) >= 11 is 0. The monoisotopic (exact) mass is 219 g/mol. The second-order valence-corrected chi connectivity index (χ2v) is 3.93. The maximum Gasteiger partial charge on any atom is 0.275 e. The highest BCUT2D eigenvalue weighted by molar-refractivity contribution is 5.44. The molecule has 0 unspecified atom stereocenters. The van der Waals surface area contributed by atoms with Crippen LogP contribution < -0.4 is 5.32 Å². The quantitative estimate of drug-likeness (QED) is 0.795. The Morgan fingerprint density at radius 1 is 1.38 bits per heavy atom. The van der Waals surface area contributed by atoms with E-state index in [2.05, 4.69) is 25.7 Å². The molecule has 0 aromatic carbocycles. The molecule has 0 amide bonds. The van der Waals surface area contributed by atoms with Gasteiger partial charge in [-0.2, -0.15) is 10.1 Å². The summed E-state index contributed by atoms with van der Waals surface area (Å²) in [5.41, 5.74) is 0.759. The van der Waals surface area contributed by atoms with Crippen molar-refractivity contribution in [2.45, 2.75) is 25.3 Å². The molecular formula is C10H13N5O. The van der Waals surface area contributed by atoms with E-state index in [1.807, 2.05) is 6.07 Å². The van der Waals surface area contributed by atoms with Gasteiger partial charge in [-0.3, -0.25) is 5.10 Å². The van der Waals surface area contributed by atoms with Crippen LogP contribution in [0.5, 0.6) is 0 Å². The van der Waals surface area contributed by atoms with Crippen molar-refractivity contribution in [1.82, 2.24) is 25.7 Å². The highest BCUT2D eigenvalue weighted by Crippen LogP contribution is 2.22. The first-order valence-corrected chi connectivity index (χ1v) is 5.50. The fourth-order valence-corrected chi connectivity index (χ4v) is 1.93. The van der Waals surface area contributed by atoms with Gasteiger partial charge in [0.1, 0.15) is 5.69 Å². The molecule has 0 saturated carbocycles. The average molecular weight is 219 g/mol. The highest BCUT2D eigenvalue weighted by Gasteiger charge is 2.20. The number of nitrogens with zero attached hydrogens (tertiary/aromatic N) is 3. The summed E-state index contributed by atoms with van der Waals surface area (Å²) in [7, 11) is 0. The maximum atomic E-state index is 5.19. The van der Waals surface area contributed by atoms with E-state index in [-0.39, 0.29) is 6.04 Å². The number of nitrogens with one attached hydrogen (secondary N) is 2. The van der Waals surface area contributed by atoms with Crippen molar-refractivity contribution in [2.24, 2.45) is 0 Å². The summed E-state index contributed by atoms with van der Waals surface area (Å²) in [6.45, 7) is 1.03. The second-order valence-electron chi connectivity index (χ2n) is 3.93. The lowest BCUT2D eigenvalue weighted by Crippen LogP contribution is -2.27. The summed E-state index contributed by atoms with van der Waals surface area (Å²) in [6.07, 6.45) is 5.17. The van der Waals surface area contributed by atoms with E-state index in [4.69, 9.17) is 4.52 Å². The van der Waals surface area contributed by atoms with Gasteiger partial charge in [0, 0.05) is 6.20 Å². The van der Waals surface area contributed by atoms with Crippen molar-refractivity contribution >= 4 is 0 Å². The smallest absolute Gasteiger partial charge is 0.275 e. The minimum absolute atomic E-state index is 0.231. The number of aromatic amines is 1. The largest absolute Gasteiger partial charge is 0.332 e. The standard InChI is InChI=1S/C10H13N5O/c1-2-5-11-7(3-1)9-13-10(16-15-9)8-4-6-12-14-8/h4,6-7,11H,1-3,5H2,(H,12,14)/t7-/m0/s1. The van der Waals surface area contributed by atoms with E-state index in [0.717, 1.165) is 24.5 Å². The zero-order valence-corrected chi connectivity index (χ0v) is 8.81. The zero-order chi connectivity index (χ0) is 10.8. The summed E-state index contributed by atoms with van der Waals surface area (Å²) in [6, 6.07) is 2.04. The fraction of sp³-hybridized carbons (Fsp3) is 0.500. The van der Waals surface area contributed by atoms with Crippen LogP contribution in [0.2, 0.25) is 0 Å². The fourth-order valence-electron chi connectivity index (χ4n) is 1.93. The first-order valence-electron chi connectivity index (χ1n) is 5.50. The Hall–Kier alpha value is -1.69. The molecule has 6 heteroatoms. The van der Waals surface area contributed by atoms with Gasteiger partial charge >= 0.3 is 0 Å². The van der Waals surface area contributed by atoms with Crippen LogP contribution in [0, 0.1) is 0 Å². The van der Waals surface area contributed by atoms with E-state index in [0.29, 0.717) is 5.89 Å². The Morgan fingerprint density at radius 3 is 3.12 bits per heavy atom. The van der Waals surface area contributed by atoms with E-state index in [9.17, 15) is 0 Å². The number of hydrogen-bond donors (Lipinski definition) is 2. The van der Waals surface area contributed by atoms with Crippen LogP contribution in [0.4, 0.5) is 0 Å². The molecule has 1 saturated heterocycles. The molecule has 1 aliphatic heterocycles. The molecule has 1 atom stereocenters. The van der Waals surface area contributed by atoms with Crippen LogP contribution in [0.15, 0.2) is 16.8 Å². The molecule has 16 heavy (non-hydrogen) atoms. The van der Waals surface area contributed by atoms with Crippen LogP contribution in [0.3, 0.4) is 0 Å². The van der Waals surface area contributed by atoms with Gasteiger partial charge in [-0.05, 0) is 25.5 Å².